The van der Waals surface area contributed by atoms with E-state index in [-0.39, 0.29) is 11.8 Å². The van der Waals surface area contributed by atoms with Crippen molar-refractivity contribution >= 4 is 17.5 Å². The van der Waals surface area contributed by atoms with Crippen LogP contribution < -0.4 is 14.8 Å². The van der Waals surface area contributed by atoms with Crippen LogP contribution in [0.3, 0.4) is 0 Å². The number of hydrogen-bond donors (Lipinski definition) is 1. The number of fused-ring (bicyclic) bond motifs is 1. The van der Waals surface area contributed by atoms with Crippen LogP contribution in [0.5, 0.6) is 11.5 Å². The maximum atomic E-state index is 13.1. The van der Waals surface area contributed by atoms with Crippen LogP contribution in [-0.4, -0.2) is 50.2 Å². The van der Waals surface area contributed by atoms with Crippen LogP contribution >= 0.6 is 0 Å². The van der Waals surface area contributed by atoms with Gasteiger partial charge in [-0.25, -0.2) is 0 Å². The molecule has 1 N–H and O–H groups in total. The Bertz CT molecular complexity index is 953. The lowest BCUT2D eigenvalue weighted by atomic mass is 9.98. The van der Waals surface area contributed by atoms with Crippen molar-refractivity contribution in [3.05, 3.63) is 53.1 Å². The van der Waals surface area contributed by atoms with Crippen LogP contribution in [0.25, 0.3) is 0 Å². The Kier molecular flexibility index (Phi) is 5.90. The Morgan fingerprint density at radius 3 is 2.57 bits per heavy atom. The molecule has 158 valence electrons. The number of methoxy groups -OCH3 is 2. The van der Waals surface area contributed by atoms with Crippen molar-refractivity contribution in [3.8, 4) is 11.5 Å². The fraction of sp³-hybridized carbons (Fsp3) is 0.391. The number of ether oxygens (including phenoxy) is 3. The molecule has 2 amide bonds. The molecule has 1 saturated heterocycles. The molecule has 0 aliphatic carbocycles. The van der Waals surface area contributed by atoms with Crippen molar-refractivity contribution in [2.24, 2.45) is 0 Å². The zero-order valence-electron chi connectivity index (χ0n) is 17.3. The van der Waals surface area contributed by atoms with E-state index in [1.807, 2.05) is 17.0 Å². The summed E-state index contributed by atoms with van der Waals surface area (Å²) in [6.45, 7) is 1.73. The summed E-state index contributed by atoms with van der Waals surface area (Å²) in [5, 5.41) is 2.86. The molecular weight excluding hydrogens is 384 g/mol. The summed E-state index contributed by atoms with van der Waals surface area (Å²) in [5.41, 5.74) is 3.36. The van der Waals surface area contributed by atoms with Crippen LogP contribution in [0, 0.1) is 0 Å². The van der Waals surface area contributed by atoms with Gasteiger partial charge in [0.15, 0.2) is 11.5 Å². The van der Waals surface area contributed by atoms with Gasteiger partial charge in [-0.3, -0.25) is 9.59 Å². The standard InChI is InChI=1S/C23H26N2O5/c1-28-20-12-15-8-9-25(14-17(15)13-21(20)29-2)23(27)16-5-3-6-18(11-16)24-22(26)19-7-4-10-30-19/h3,5-6,11-13,19H,4,7-10,14H2,1-2H3,(H,24,26). The third-order valence-corrected chi connectivity index (χ3v) is 5.60. The number of carbonyl (C=O) groups excluding carboxylic acids is 2. The molecule has 0 bridgehead atoms. The molecule has 2 aromatic rings. The average Bonchev–Trinajstić information content (AvgIpc) is 3.32. The largest absolute Gasteiger partial charge is 0.493 e. The summed E-state index contributed by atoms with van der Waals surface area (Å²) in [6, 6.07) is 11.0. The molecule has 1 unspecified atom stereocenters. The highest BCUT2D eigenvalue weighted by Crippen LogP contribution is 2.33. The number of carbonyl (C=O) groups is 2. The highest BCUT2D eigenvalue weighted by Gasteiger charge is 2.25. The van der Waals surface area contributed by atoms with E-state index in [4.69, 9.17) is 14.2 Å². The smallest absolute Gasteiger partial charge is 0.254 e. The Morgan fingerprint density at radius 1 is 1.10 bits per heavy atom. The summed E-state index contributed by atoms with van der Waals surface area (Å²) >= 11 is 0. The fourth-order valence-electron chi connectivity index (χ4n) is 3.98. The van der Waals surface area contributed by atoms with Crippen LogP contribution in [0.1, 0.15) is 34.3 Å². The number of rotatable bonds is 5. The lowest BCUT2D eigenvalue weighted by Gasteiger charge is -2.30. The monoisotopic (exact) mass is 410 g/mol. The SMILES string of the molecule is COc1cc2c(cc1OC)CN(C(=O)c1cccc(NC(=O)C3CCCO3)c1)CC2. The lowest BCUT2D eigenvalue weighted by molar-refractivity contribution is -0.124. The third-order valence-electron chi connectivity index (χ3n) is 5.60. The van der Waals surface area contributed by atoms with Crippen LogP contribution in [0.2, 0.25) is 0 Å². The number of nitrogens with zero attached hydrogens (tertiary/aromatic N) is 1. The van der Waals surface area contributed by atoms with Gasteiger partial charge in [0.2, 0.25) is 0 Å². The van der Waals surface area contributed by atoms with Crippen molar-refractivity contribution in [2.45, 2.75) is 31.9 Å². The number of amides is 2. The van der Waals surface area contributed by atoms with Crippen molar-refractivity contribution in [1.29, 1.82) is 0 Å². The third kappa shape index (κ3) is 4.11. The zero-order valence-corrected chi connectivity index (χ0v) is 17.3. The Labute approximate surface area is 175 Å². The summed E-state index contributed by atoms with van der Waals surface area (Å²) in [6.07, 6.45) is 1.96. The van der Waals surface area contributed by atoms with Crippen molar-refractivity contribution in [2.75, 3.05) is 32.7 Å². The van der Waals surface area contributed by atoms with Gasteiger partial charge in [-0.1, -0.05) is 6.07 Å². The molecule has 1 atom stereocenters. The normalized spacial score (nSPS) is 17.9. The molecule has 7 heteroatoms. The van der Waals surface area contributed by atoms with Gasteiger partial charge < -0.3 is 24.4 Å². The minimum atomic E-state index is -0.407. The topological polar surface area (TPSA) is 77.1 Å². The Hall–Kier alpha value is -3.06. The van der Waals surface area contributed by atoms with Gasteiger partial charge in [-0.2, -0.15) is 0 Å². The molecule has 2 aliphatic rings. The molecular formula is C23H26N2O5. The van der Waals surface area contributed by atoms with E-state index in [0.717, 1.165) is 30.4 Å². The summed E-state index contributed by atoms with van der Waals surface area (Å²) in [7, 11) is 3.22. The average molecular weight is 410 g/mol. The zero-order chi connectivity index (χ0) is 21.1. The van der Waals surface area contributed by atoms with Gasteiger partial charge in [0, 0.05) is 30.9 Å². The number of nitrogens with one attached hydrogen (secondary N) is 1. The van der Waals surface area contributed by atoms with Gasteiger partial charge in [0.05, 0.1) is 14.2 Å². The quantitative estimate of drug-likeness (QED) is 0.820. The number of benzene rings is 2. The van der Waals surface area contributed by atoms with E-state index in [1.165, 1.54) is 0 Å². The summed E-state index contributed by atoms with van der Waals surface area (Å²) in [4.78, 5) is 27.2. The molecule has 2 aromatic carbocycles. The molecule has 2 aliphatic heterocycles. The minimum Gasteiger partial charge on any atom is -0.493 e. The minimum absolute atomic E-state index is 0.0661. The summed E-state index contributed by atoms with van der Waals surface area (Å²) in [5.74, 6) is 1.13. The Morgan fingerprint density at radius 2 is 1.87 bits per heavy atom. The van der Waals surface area contributed by atoms with E-state index in [1.54, 1.807) is 38.5 Å². The number of hydrogen-bond acceptors (Lipinski definition) is 5. The van der Waals surface area contributed by atoms with E-state index in [0.29, 0.717) is 42.4 Å². The molecule has 30 heavy (non-hydrogen) atoms. The second-order valence-electron chi connectivity index (χ2n) is 7.52. The van der Waals surface area contributed by atoms with Gasteiger partial charge >= 0.3 is 0 Å². The molecule has 1 fully saturated rings. The second-order valence-corrected chi connectivity index (χ2v) is 7.52. The maximum absolute atomic E-state index is 13.1. The van der Waals surface area contributed by atoms with Crippen molar-refractivity contribution < 1.29 is 23.8 Å². The molecule has 2 heterocycles. The summed E-state index contributed by atoms with van der Waals surface area (Å²) < 4.78 is 16.2. The first-order valence-corrected chi connectivity index (χ1v) is 10.1. The predicted octanol–water partition coefficient (Wildman–Crippen LogP) is 3.02. The second kappa shape index (κ2) is 8.75. The van der Waals surface area contributed by atoms with Crippen molar-refractivity contribution in [1.82, 2.24) is 4.90 Å². The first-order valence-electron chi connectivity index (χ1n) is 10.1. The number of anilines is 1. The van der Waals surface area contributed by atoms with Gasteiger partial charge in [-0.15, -0.1) is 0 Å². The van der Waals surface area contributed by atoms with Gasteiger partial charge in [0.25, 0.3) is 11.8 Å². The van der Waals surface area contributed by atoms with Gasteiger partial charge in [-0.05, 0) is 60.7 Å². The molecule has 0 radical (unpaired) electrons. The van der Waals surface area contributed by atoms with Crippen LogP contribution in [0.15, 0.2) is 36.4 Å². The first-order chi connectivity index (χ1) is 14.6. The highest BCUT2D eigenvalue weighted by molar-refractivity contribution is 5.98. The maximum Gasteiger partial charge on any atom is 0.254 e. The predicted molar refractivity (Wildman–Crippen MR) is 112 cm³/mol. The van der Waals surface area contributed by atoms with E-state index in [2.05, 4.69) is 5.32 Å². The highest BCUT2D eigenvalue weighted by atomic mass is 16.5. The fourth-order valence-corrected chi connectivity index (χ4v) is 3.98. The van der Waals surface area contributed by atoms with Crippen molar-refractivity contribution in [3.63, 3.8) is 0 Å². The molecule has 0 spiro atoms. The van der Waals surface area contributed by atoms with E-state index in [9.17, 15) is 9.59 Å². The van der Waals surface area contributed by atoms with Gasteiger partial charge in [0.1, 0.15) is 6.10 Å². The molecule has 4 rings (SSSR count). The van der Waals surface area contributed by atoms with Crippen LogP contribution in [-0.2, 0) is 22.5 Å². The molecule has 0 saturated carbocycles. The molecule has 0 aromatic heterocycles. The van der Waals surface area contributed by atoms with E-state index < -0.39 is 6.10 Å². The van der Waals surface area contributed by atoms with Crippen LogP contribution in [0.4, 0.5) is 5.69 Å². The Balaban J connectivity index is 1.48. The van der Waals surface area contributed by atoms with E-state index >= 15 is 0 Å². The lowest BCUT2D eigenvalue weighted by Crippen LogP contribution is -2.36. The first kappa shape index (κ1) is 20.2. The molecule has 7 nitrogen and oxygen atoms in total.